The van der Waals surface area contributed by atoms with E-state index in [0.29, 0.717) is 31.9 Å². The third-order valence-corrected chi connectivity index (χ3v) is 2.80. The summed E-state index contributed by atoms with van der Waals surface area (Å²) in [5, 5.41) is 3.79. The zero-order valence-corrected chi connectivity index (χ0v) is 9.45. The van der Waals surface area contributed by atoms with Gasteiger partial charge in [0, 0.05) is 12.8 Å². The van der Waals surface area contributed by atoms with E-state index < -0.39 is 0 Å². The quantitative estimate of drug-likeness (QED) is 0.674. The first-order valence-corrected chi connectivity index (χ1v) is 5.26. The van der Waals surface area contributed by atoms with E-state index in [1.165, 1.54) is 0 Å². The van der Waals surface area contributed by atoms with Gasteiger partial charge in [-0.15, -0.1) is 0 Å². The van der Waals surface area contributed by atoms with Crippen LogP contribution < -0.4 is 5.43 Å². The van der Waals surface area contributed by atoms with Crippen molar-refractivity contribution in [3.63, 3.8) is 0 Å². The average molecular weight is 225 g/mol. The smallest absolute Gasteiger partial charge is 0.272 e. The molecule has 2 aliphatic heterocycles. The van der Waals surface area contributed by atoms with Crippen LogP contribution in [0.2, 0.25) is 0 Å². The summed E-state index contributed by atoms with van der Waals surface area (Å²) >= 11 is 0. The Balaban J connectivity index is 2.11. The molecular formula is C10H15N3O3. The van der Waals surface area contributed by atoms with E-state index in [1.807, 2.05) is 13.8 Å². The van der Waals surface area contributed by atoms with Gasteiger partial charge in [0.15, 0.2) is 0 Å². The molecule has 2 aliphatic rings. The number of hydrazone groups is 1. The normalized spacial score (nSPS) is 24.0. The number of hydrogen-bond donors (Lipinski definition) is 1. The Bertz CT molecular complexity index is 362. The molecule has 2 heterocycles. The maximum atomic E-state index is 12.1. The number of carbonyl (C=O) groups excluding carboxylic acids is 2. The van der Waals surface area contributed by atoms with Gasteiger partial charge in [0.2, 0.25) is 5.91 Å². The van der Waals surface area contributed by atoms with E-state index in [1.54, 1.807) is 4.90 Å². The van der Waals surface area contributed by atoms with E-state index in [4.69, 9.17) is 4.74 Å². The van der Waals surface area contributed by atoms with Gasteiger partial charge < -0.3 is 9.64 Å². The molecule has 88 valence electrons. The molecule has 16 heavy (non-hydrogen) atoms. The highest BCUT2D eigenvalue weighted by molar-refractivity contribution is 6.39. The molecule has 0 unspecified atom stereocenters. The molecular weight excluding hydrogens is 210 g/mol. The minimum absolute atomic E-state index is 0.145. The Morgan fingerprint density at radius 3 is 2.75 bits per heavy atom. The summed E-state index contributed by atoms with van der Waals surface area (Å²) in [6, 6.07) is 0. The van der Waals surface area contributed by atoms with Gasteiger partial charge in [-0.1, -0.05) is 0 Å². The van der Waals surface area contributed by atoms with E-state index >= 15 is 0 Å². The molecule has 0 spiro atoms. The lowest BCUT2D eigenvalue weighted by molar-refractivity contribution is -0.128. The molecule has 0 atom stereocenters. The summed E-state index contributed by atoms with van der Waals surface area (Å²) in [5.74, 6) is -0.295. The minimum atomic E-state index is -0.305. The zero-order chi connectivity index (χ0) is 11.8. The first kappa shape index (κ1) is 11.1. The molecule has 0 aliphatic carbocycles. The summed E-state index contributed by atoms with van der Waals surface area (Å²) in [4.78, 5) is 24.6. The molecule has 1 N–H and O–H groups in total. The molecule has 1 saturated heterocycles. The molecule has 0 radical (unpaired) electrons. The highest BCUT2D eigenvalue weighted by Crippen LogP contribution is 2.22. The topological polar surface area (TPSA) is 71.0 Å². The van der Waals surface area contributed by atoms with Crippen LogP contribution in [-0.4, -0.2) is 41.3 Å². The van der Waals surface area contributed by atoms with Crippen molar-refractivity contribution in [3.8, 4) is 0 Å². The molecule has 0 aromatic carbocycles. The van der Waals surface area contributed by atoms with Gasteiger partial charge in [0.05, 0.1) is 12.1 Å². The lowest BCUT2D eigenvalue weighted by Gasteiger charge is -2.29. The third kappa shape index (κ3) is 1.92. The Morgan fingerprint density at radius 1 is 1.50 bits per heavy atom. The summed E-state index contributed by atoms with van der Waals surface area (Å²) in [5.41, 5.74) is 2.42. The monoisotopic (exact) mass is 225 g/mol. The van der Waals surface area contributed by atoms with Gasteiger partial charge in [0.25, 0.3) is 5.91 Å². The van der Waals surface area contributed by atoms with Gasteiger partial charge in [-0.2, -0.15) is 5.10 Å². The number of rotatable bonds is 1. The fourth-order valence-electron chi connectivity index (χ4n) is 1.76. The number of ether oxygens (including phenoxy) is 1. The number of nitrogens with one attached hydrogen (secondary N) is 1. The summed E-state index contributed by atoms with van der Waals surface area (Å²) < 4.78 is 5.27. The van der Waals surface area contributed by atoms with Crippen LogP contribution in [0.25, 0.3) is 0 Å². The van der Waals surface area contributed by atoms with Crippen molar-refractivity contribution in [1.82, 2.24) is 10.3 Å². The Kier molecular flexibility index (Phi) is 2.67. The minimum Gasteiger partial charge on any atom is -0.359 e. The van der Waals surface area contributed by atoms with Crippen molar-refractivity contribution >= 4 is 17.5 Å². The van der Waals surface area contributed by atoms with Gasteiger partial charge >= 0.3 is 0 Å². The highest BCUT2D eigenvalue weighted by Gasteiger charge is 2.38. The highest BCUT2D eigenvalue weighted by atomic mass is 16.5. The van der Waals surface area contributed by atoms with Crippen molar-refractivity contribution < 1.29 is 14.3 Å². The first-order chi connectivity index (χ1) is 7.50. The van der Waals surface area contributed by atoms with Crippen molar-refractivity contribution in [2.75, 3.05) is 13.3 Å². The van der Waals surface area contributed by atoms with E-state index in [-0.39, 0.29) is 17.4 Å². The molecule has 6 heteroatoms. The molecule has 1 fully saturated rings. The Hall–Kier alpha value is -1.43. The van der Waals surface area contributed by atoms with Gasteiger partial charge in [-0.25, -0.2) is 5.43 Å². The predicted octanol–water partition coefficient (Wildman–Crippen LogP) is -0.153. The summed E-state index contributed by atoms with van der Waals surface area (Å²) in [7, 11) is 0. The van der Waals surface area contributed by atoms with E-state index in [0.717, 1.165) is 0 Å². The third-order valence-electron chi connectivity index (χ3n) is 2.80. The van der Waals surface area contributed by atoms with E-state index in [2.05, 4.69) is 10.5 Å². The van der Waals surface area contributed by atoms with Crippen LogP contribution in [0.1, 0.15) is 26.7 Å². The van der Waals surface area contributed by atoms with Crippen molar-refractivity contribution in [1.29, 1.82) is 0 Å². The van der Waals surface area contributed by atoms with Gasteiger partial charge in [0.1, 0.15) is 12.4 Å². The second-order valence-corrected chi connectivity index (χ2v) is 4.62. The van der Waals surface area contributed by atoms with Crippen LogP contribution in [0.15, 0.2) is 5.10 Å². The van der Waals surface area contributed by atoms with Gasteiger partial charge in [-0.05, 0) is 13.8 Å². The molecule has 2 amide bonds. The largest absolute Gasteiger partial charge is 0.359 e. The summed E-state index contributed by atoms with van der Waals surface area (Å²) in [6.45, 7) is 4.71. The van der Waals surface area contributed by atoms with Crippen molar-refractivity contribution in [2.45, 2.75) is 32.2 Å². The predicted molar refractivity (Wildman–Crippen MR) is 56.6 cm³/mol. The second-order valence-electron chi connectivity index (χ2n) is 4.62. The molecule has 2 rings (SSSR count). The molecule has 0 bridgehead atoms. The fraction of sp³-hybridized carbons (Fsp3) is 0.700. The number of hydrogen-bond acceptors (Lipinski definition) is 4. The molecule has 0 saturated carbocycles. The number of carbonyl (C=O) groups is 2. The second kappa shape index (κ2) is 3.86. The van der Waals surface area contributed by atoms with Gasteiger partial charge in [-0.3, -0.25) is 9.59 Å². The van der Waals surface area contributed by atoms with Crippen LogP contribution in [-0.2, 0) is 14.3 Å². The number of amides is 2. The van der Waals surface area contributed by atoms with E-state index in [9.17, 15) is 9.59 Å². The van der Waals surface area contributed by atoms with Crippen molar-refractivity contribution in [3.05, 3.63) is 0 Å². The molecule has 0 aromatic heterocycles. The lowest BCUT2D eigenvalue weighted by Crippen LogP contribution is -2.48. The Morgan fingerprint density at radius 2 is 2.25 bits per heavy atom. The van der Waals surface area contributed by atoms with Crippen LogP contribution in [0.5, 0.6) is 0 Å². The van der Waals surface area contributed by atoms with Crippen LogP contribution in [0.3, 0.4) is 0 Å². The van der Waals surface area contributed by atoms with Crippen molar-refractivity contribution in [2.24, 2.45) is 5.10 Å². The standard InChI is InChI=1S/C10H15N3O3/c1-10(2)5-16-6-13(10)9(15)7-3-4-8(14)12-11-7/h3-6H2,1-2H3,(H,12,14). The average Bonchev–Trinajstić information content (AvgIpc) is 2.58. The van der Waals surface area contributed by atoms with Crippen LogP contribution in [0.4, 0.5) is 0 Å². The Labute approximate surface area is 93.6 Å². The first-order valence-electron chi connectivity index (χ1n) is 5.26. The maximum absolute atomic E-state index is 12.1. The number of nitrogens with zero attached hydrogens (tertiary/aromatic N) is 2. The maximum Gasteiger partial charge on any atom is 0.272 e. The molecule has 0 aromatic rings. The molecule has 6 nitrogen and oxygen atoms in total. The fourth-order valence-corrected chi connectivity index (χ4v) is 1.76. The van der Waals surface area contributed by atoms with Crippen LogP contribution >= 0.6 is 0 Å². The SMILES string of the molecule is CC1(C)COCN1C(=O)C1=NNC(=O)CC1. The van der Waals surface area contributed by atoms with Crippen LogP contribution in [0, 0.1) is 0 Å². The summed E-state index contributed by atoms with van der Waals surface area (Å²) in [6.07, 6.45) is 0.719. The lowest BCUT2D eigenvalue weighted by atomic mass is 10.0. The zero-order valence-electron chi connectivity index (χ0n) is 9.45.